The summed E-state index contributed by atoms with van der Waals surface area (Å²) in [5.41, 5.74) is 2.97. The Hall–Kier alpha value is -4.54. The van der Waals surface area contributed by atoms with Crippen LogP contribution in [0.15, 0.2) is 72.8 Å². The summed E-state index contributed by atoms with van der Waals surface area (Å²) in [6, 6.07) is 23.0. The number of aromatic nitrogens is 4. The van der Waals surface area contributed by atoms with E-state index >= 15 is 0 Å². The molecule has 2 aromatic heterocycles. The second kappa shape index (κ2) is 11.1. The summed E-state index contributed by atoms with van der Waals surface area (Å²) < 4.78 is 12.4. The van der Waals surface area contributed by atoms with Gasteiger partial charge >= 0.3 is 0 Å². The minimum absolute atomic E-state index is 0.0894. The van der Waals surface area contributed by atoms with Gasteiger partial charge in [-0.3, -0.25) is 9.69 Å². The molecule has 198 valence electrons. The van der Waals surface area contributed by atoms with Crippen LogP contribution in [0.4, 0.5) is 11.5 Å². The fraction of sp³-hybridized carbons (Fsp3) is 0.241. The highest BCUT2D eigenvalue weighted by Crippen LogP contribution is 2.30. The highest BCUT2D eigenvalue weighted by Gasteiger charge is 2.16. The lowest BCUT2D eigenvalue weighted by Crippen LogP contribution is -2.41. The van der Waals surface area contributed by atoms with Gasteiger partial charge in [0.2, 0.25) is 0 Å². The highest BCUT2D eigenvalue weighted by atomic mass is 16.5. The first-order chi connectivity index (χ1) is 19.2. The van der Waals surface area contributed by atoms with Gasteiger partial charge in [0.25, 0.3) is 5.91 Å². The second-order valence-electron chi connectivity index (χ2n) is 9.29. The number of methoxy groups -OCH3 is 1. The predicted molar refractivity (Wildman–Crippen MR) is 150 cm³/mol. The first-order valence-corrected chi connectivity index (χ1v) is 12.9. The largest absolute Gasteiger partial charge is 0.497 e. The molecular weight excluding hydrogens is 494 g/mol. The third-order valence-electron chi connectivity index (χ3n) is 6.84. The molecule has 0 radical (unpaired) electrons. The van der Waals surface area contributed by atoms with E-state index < -0.39 is 0 Å². The molecule has 0 atom stereocenters. The average Bonchev–Trinajstić information content (AvgIpc) is 3.42. The van der Waals surface area contributed by atoms with Crippen LogP contribution in [-0.4, -0.2) is 77.1 Å². The van der Waals surface area contributed by atoms with Crippen molar-refractivity contribution in [2.45, 2.75) is 0 Å². The molecule has 0 saturated carbocycles. The first-order valence-electron chi connectivity index (χ1n) is 12.9. The van der Waals surface area contributed by atoms with Gasteiger partial charge in [0, 0.05) is 53.8 Å². The Labute approximate surface area is 225 Å². The van der Waals surface area contributed by atoms with Crippen LogP contribution in [0.3, 0.4) is 0 Å². The predicted octanol–water partition coefficient (Wildman–Crippen LogP) is 3.76. The average molecular weight is 524 g/mol. The van der Waals surface area contributed by atoms with Crippen molar-refractivity contribution in [2.24, 2.45) is 0 Å². The Morgan fingerprint density at radius 2 is 1.69 bits per heavy atom. The SMILES string of the molecule is COc1ccc(-c2nnc3c4ccccc4c(Nc4ccc(C(=O)NCCN5CCOCC5)cc4)nn23)cc1. The number of anilines is 2. The van der Waals surface area contributed by atoms with Crippen LogP contribution in [0.1, 0.15) is 10.4 Å². The van der Waals surface area contributed by atoms with Crippen LogP contribution in [0.5, 0.6) is 5.75 Å². The van der Waals surface area contributed by atoms with Crippen LogP contribution in [0, 0.1) is 0 Å². The lowest BCUT2D eigenvalue weighted by Gasteiger charge is -2.26. The molecule has 2 N–H and O–H groups in total. The molecule has 1 fully saturated rings. The number of rotatable bonds is 8. The number of hydrogen-bond donors (Lipinski definition) is 2. The van der Waals surface area contributed by atoms with Crippen LogP contribution in [0.2, 0.25) is 0 Å². The van der Waals surface area contributed by atoms with Crippen molar-refractivity contribution in [2.75, 3.05) is 51.8 Å². The fourth-order valence-electron chi connectivity index (χ4n) is 4.69. The number of carbonyl (C=O) groups excluding carboxylic acids is 1. The van der Waals surface area contributed by atoms with Gasteiger partial charge in [-0.25, -0.2) is 0 Å². The maximum absolute atomic E-state index is 12.6. The van der Waals surface area contributed by atoms with Gasteiger partial charge in [-0.2, -0.15) is 4.52 Å². The Bertz CT molecular complexity index is 1590. The second-order valence-corrected chi connectivity index (χ2v) is 9.29. The van der Waals surface area contributed by atoms with Crippen molar-refractivity contribution in [3.05, 3.63) is 78.4 Å². The topological polar surface area (TPSA) is 106 Å². The molecule has 0 unspecified atom stereocenters. The van der Waals surface area contributed by atoms with Crippen molar-refractivity contribution < 1.29 is 14.3 Å². The zero-order valence-electron chi connectivity index (χ0n) is 21.6. The molecule has 10 nitrogen and oxygen atoms in total. The number of ether oxygens (including phenoxy) is 2. The van der Waals surface area contributed by atoms with Crippen molar-refractivity contribution >= 4 is 33.8 Å². The number of fused-ring (bicyclic) bond motifs is 3. The standard InChI is InChI=1S/C29H29N7O3/c1-38-23-12-8-20(9-13-23)27-32-33-28-25-5-3-2-4-24(25)26(34-36(27)28)31-22-10-6-21(7-11-22)29(37)30-14-15-35-16-18-39-19-17-35/h2-13H,14-19H2,1H3,(H,30,37)(H,31,34). The van der Waals surface area contributed by atoms with Gasteiger partial charge in [-0.05, 0) is 48.5 Å². The van der Waals surface area contributed by atoms with E-state index in [0.29, 0.717) is 29.4 Å². The van der Waals surface area contributed by atoms with E-state index in [0.717, 1.165) is 60.6 Å². The molecule has 1 aliphatic heterocycles. The minimum Gasteiger partial charge on any atom is -0.497 e. The monoisotopic (exact) mass is 523 g/mol. The lowest BCUT2D eigenvalue weighted by molar-refractivity contribution is 0.0383. The van der Waals surface area contributed by atoms with E-state index in [9.17, 15) is 4.79 Å². The molecule has 0 spiro atoms. The van der Waals surface area contributed by atoms with Crippen molar-refractivity contribution in [1.29, 1.82) is 0 Å². The summed E-state index contributed by atoms with van der Waals surface area (Å²) in [5, 5.41) is 22.0. The van der Waals surface area contributed by atoms with Gasteiger partial charge in [-0.15, -0.1) is 15.3 Å². The molecule has 39 heavy (non-hydrogen) atoms. The molecule has 0 bridgehead atoms. The summed E-state index contributed by atoms with van der Waals surface area (Å²) >= 11 is 0. The molecule has 5 aromatic rings. The number of morpholine rings is 1. The highest BCUT2D eigenvalue weighted by molar-refractivity contribution is 6.01. The van der Waals surface area contributed by atoms with Gasteiger partial charge in [0.15, 0.2) is 17.3 Å². The summed E-state index contributed by atoms with van der Waals surface area (Å²) in [5.74, 6) is 1.97. The van der Waals surface area contributed by atoms with E-state index in [4.69, 9.17) is 14.6 Å². The smallest absolute Gasteiger partial charge is 0.251 e. The third-order valence-corrected chi connectivity index (χ3v) is 6.84. The number of carbonyl (C=O) groups is 1. The maximum Gasteiger partial charge on any atom is 0.251 e. The van der Waals surface area contributed by atoms with E-state index in [2.05, 4.69) is 25.7 Å². The van der Waals surface area contributed by atoms with Gasteiger partial charge in [-0.1, -0.05) is 24.3 Å². The Morgan fingerprint density at radius 1 is 0.949 bits per heavy atom. The lowest BCUT2D eigenvalue weighted by atomic mass is 10.1. The Balaban J connectivity index is 1.23. The first kappa shape index (κ1) is 24.8. The van der Waals surface area contributed by atoms with E-state index in [1.165, 1.54) is 0 Å². The zero-order valence-corrected chi connectivity index (χ0v) is 21.6. The zero-order chi connectivity index (χ0) is 26.6. The molecule has 3 heterocycles. The van der Waals surface area contributed by atoms with Crippen LogP contribution < -0.4 is 15.4 Å². The van der Waals surface area contributed by atoms with Crippen molar-refractivity contribution in [3.8, 4) is 17.1 Å². The number of benzene rings is 3. The summed E-state index contributed by atoms with van der Waals surface area (Å²) in [6.45, 7) is 4.73. The fourth-order valence-corrected chi connectivity index (χ4v) is 4.69. The Morgan fingerprint density at radius 3 is 2.44 bits per heavy atom. The van der Waals surface area contributed by atoms with Crippen LogP contribution in [0.25, 0.3) is 27.8 Å². The summed E-state index contributed by atoms with van der Waals surface area (Å²) in [4.78, 5) is 14.9. The summed E-state index contributed by atoms with van der Waals surface area (Å²) in [7, 11) is 1.64. The third kappa shape index (κ3) is 5.25. The van der Waals surface area contributed by atoms with Crippen molar-refractivity contribution in [1.82, 2.24) is 30.0 Å². The number of amides is 1. The molecule has 6 rings (SSSR count). The molecule has 0 aliphatic carbocycles. The molecule has 1 saturated heterocycles. The van der Waals surface area contributed by atoms with E-state index in [1.54, 1.807) is 11.6 Å². The molecule has 1 amide bonds. The number of nitrogens with zero attached hydrogens (tertiary/aromatic N) is 5. The van der Waals surface area contributed by atoms with E-state index in [1.807, 2.05) is 72.8 Å². The molecule has 3 aromatic carbocycles. The molecular formula is C29H29N7O3. The van der Waals surface area contributed by atoms with Gasteiger partial charge in [0.1, 0.15) is 5.75 Å². The maximum atomic E-state index is 12.6. The normalized spacial score (nSPS) is 14.0. The quantitative estimate of drug-likeness (QED) is 0.317. The van der Waals surface area contributed by atoms with Gasteiger partial charge in [0.05, 0.1) is 20.3 Å². The summed E-state index contributed by atoms with van der Waals surface area (Å²) in [6.07, 6.45) is 0. The Kier molecular flexibility index (Phi) is 7.03. The van der Waals surface area contributed by atoms with Crippen LogP contribution in [-0.2, 0) is 4.74 Å². The number of nitrogens with one attached hydrogen (secondary N) is 2. The van der Waals surface area contributed by atoms with E-state index in [-0.39, 0.29) is 5.91 Å². The van der Waals surface area contributed by atoms with Crippen LogP contribution >= 0.6 is 0 Å². The molecule has 10 heteroatoms. The minimum atomic E-state index is -0.0894. The molecule has 1 aliphatic rings. The van der Waals surface area contributed by atoms with Crippen molar-refractivity contribution in [3.63, 3.8) is 0 Å². The number of hydrogen-bond acceptors (Lipinski definition) is 8. The van der Waals surface area contributed by atoms with Gasteiger partial charge < -0.3 is 20.1 Å².